The predicted octanol–water partition coefficient (Wildman–Crippen LogP) is 4.22. The molecule has 0 saturated heterocycles. The van der Waals surface area contributed by atoms with Crippen LogP contribution in [0.15, 0.2) is 48.5 Å². The molecule has 0 spiro atoms. The van der Waals surface area contributed by atoms with E-state index in [-0.39, 0.29) is 5.91 Å². The molecule has 0 unspecified atom stereocenters. The minimum Gasteiger partial charge on any atom is -0.493 e. The number of carbonyl (C=O) groups is 1. The summed E-state index contributed by atoms with van der Waals surface area (Å²) in [6.07, 6.45) is 7.37. The lowest BCUT2D eigenvalue weighted by Gasteiger charge is -2.11. The van der Waals surface area contributed by atoms with Crippen LogP contribution in [0.2, 0.25) is 0 Å². The summed E-state index contributed by atoms with van der Waals surface area (Å²) in [5.74, 6) is 1.27. The third-order valence-electron chi connectivity index (χ3n) is 4.31. The average Bonchev–Trinajstić information content (AvgIpc) is 2.71. The van der Waals surface area contributed by atoms with E-state index in [1.807, 2.05) is 42.5 Å². The van der Waals surface area contributed by atoms with Gasteiger partial charge in [0.25, 0.3) is 0 Å². The molecule has 1 amide bonds. The number of benzene rings is 2. The molecule has 0 saturated carbocycles. The van der Waals surface area contributed by atoms with E-state index in [1.165, 1.54) is 6.08 Å². The van der Waals surface area contributed by atoms with E-state index in [0.29, 0.717) is 24.7 Å². The van der Waals surface area contributed by atoms with Crippen LogP contribution in [-0.2, 0) is 11.2 Å². The second kappa shape index (κ2) is 11.7. The second-order valence-electron chi connectivity index (χ2n) is 6.58. The Morgan fingerprint density at radius 3 is 2.61 bits per heavy atom. The third-order valence-corrected chi connectivity index (χ3v) is 4.31. The van der Waals surface area contributed by atoms with Crippen molar-refractivity contribution >= 4 is 17.7 Å². The van der Waals surface area contributed by atoms with E-state index in [4.69, 9.17) is 15.2 Å². The zero-order valence-corrected chi connectivity index (χ0v) is 16.7. The normalized spacial score (nSPS) is 10.8. The van der Waals surface area contributed by atoms with Crippen molar-refractivity contribution in [3.8, 4) is 11.5 Å². The van der Waals surface area contributed by atoms with E-state index < -0.39 is 0 Å². The van der Waals surface area contributed by atoms with Crippen LogP contribution in [0.3, 0.4) is 0 Å². The highest BCUT2D eigenvalue weighted by molar-refractivity contribution is 5.91. The van der Waals surface area contributed by atoms with Gasteiger partial charge in [-0.1, -0.05) is 38.0 Å². The van der Waals surface area contributed by atoms with E-state index in [1.54, 1.807) is 13.2 Å². The molecule has 0 aliphatic carbocycles. The van der Waals surface area contributed by atoms with Crippen LogP contribution in [0.1, 0.15) is 37.3 Å². The number of anilines is 1. The second-order valence-corrected chi connectivity index (χ2v) is 6.58. The summed E-state index contributed by atoms with van der Waals surface area (Å²) in [5, 5.41) is 2.89. The van der Waals surface area contributed by atoms with Gasteiger partial charge in [-0.2, -0.15) is 0 Å². The summed E-state index contributed by atoms with van der Waals surface area (Å²) in [6.45, 7) is 3.39. The van der Waals surface area contributed by atoms with Crippen LogP contribution < -0.4 is 20.5 Å². The summed E-state index contributed by atoms with van der Waals surface area (Å²) in [6, 6.07) is 13.3. The Balaban J connectivity index is 1.85. The van der Waals surface area contributed by atoms with Gasteiger partial charge in [0.05, 0.1) is 13.7 Å². The van der Waals surface area contributed by atoms with Crippen molar-refractivity contribution in [3.63, 3.8) is 0 Å². The first-order valence-corrected chi connectivity index (χ1v) is 9.73. The standard InChI is InChI=1S/C23H30N2O3/c1-3-4-5-16-28-22-17-19(8-12-21(22)27-2)9-13-23(26)25-15-14-18-6-10-20(24)11-7-18/h6-13,17H,3-5,14-16,24H2,1-2H3,(H,25,26). The topological polar surface area (TPSA) is 73.6 Å². The molecule has 0 radical (unpaired) electrons. The molecule has 150 valence electrons. The van der Waals surface area contributed by atoms with Crippen molar-refractivity contribution in [1.82, 2.24) is 5.32 Å². The first kappa shape index (κ1) is 21.4. The molecule has 2 rings (SSSR count). The Morgan fingerprint density at radius 1 is 1.11 bits per heavy atom. The van der Waals surface area contributed by atoms with Crippen molar-refractivity contribution in [2.45, 2.75) is 32.6 Å². The molecule has 0 atom stereocenters. The van der Waals surface area contributed by atoms with Gasteiger partial charge in [0.2, 0.25) is 5.91 Å². The number of hydrogen-bond acceptors (Lipinski definition) is 4. The Kier molecular flexibility index (Phi) is 8.92. The molecule has 2 aromatic carbocycles. The number of rotatable bonds is 11. The van der Waals surface area contributed by atoms with Crippen LogP contribution >= 0.6 is 0 Å². The van der Waals surface area contributed by atoms with Crippen LogP contribution in [-0.4, -0.2) is 26.2 Å². The van der Waals surface area contributed by atoms with Gasteiger partial charge in [-0.25, -0.2) is 0 Å². The van der Waals surface area contributed by atoms with Gasteiger partial charge in [0, 0.05) is 18.3 Å². The quantitative estimate of drug-likeness (QED) is 0.347. The van der Waals surface area contributed by atoms with Crippen molar-refractivity contribution in [1.29, 1.82) is 0 Å². The number of nitrogen functional groups attached to an aromatic ring is 1. The number of carbonyl (C=O) groups excluding carboxylic acids is 1. The number of methoxy groups -OCH3 is 1. The van der Waals surface area contributed by atoms with Crippen molar-refractivity contribution < 1.29 is 14.3 Å². The number of amides is 1. The third kappa shape index (κ3) is 7.35. The largest absolute Gasteiger partial charge is 0.493 e. The fourth-order valence-corrected chi connectivity index (χ4v) is 2.69. The molecule has 0 bridgehead atoms. The molecule has 0 fully saturated rings. The van der Waals surface area contributed by atoms with Crippen LogP contribution in [0.5, 0.6) is 11.5 Å². The average molecular weight is 383 g/mol. The summed E-state index contributed by atoms with van der Waals surface area (Å²) in [5.41, 5.74) is 8.44. The van der Waals surface area contributed by atoms with Gasteiger partial charge in [-0.3, -0.25) is 4.79 Å². The molecule has 28 heavy (non-hydrogen) atoms. The molecule has 3 N–H and O–H groups in total. The van der Waals surface area contributed by atoms with Crippen LogP contribution in [0.25, 0.3) is 6.08 Å². The lowest BCUT2D eigenvalue weighted by atomic mass is 10.1. The summed E-state index contributed by atoms with van der Waals surface area (Å²) >= 11 is 0. The number of unbranched alkanes of at least 4 members (excludes halogenated alkanes) is 2. The highest BCUT2D eigenvalue weighted by atomic mass is 16.5. The summed E-state index contributed by atoms with van der Waals surface area (Å²) in [7, 11) is 1.62. The van der Waals surface area contributed by atoms with E-state index in [0.717, 1.165) is 42.5 Å². The lowest BCUT2D eigenvalue weighted by Crippen LogP contribution is -2.23. The Hall–Kier alpha value is -2.95. The van der Waals surface area contributed by atoms with E-state index in [2.05, 4.69) is 12.2 Å². The van der Waals surface area contributed by atoms with Gasteiger partial charge >= 0.3 is 0 Å². The maximum Gasteiger partial charge on any atom is 0.244 e. The molecule has 0 aliphatic heterocycles. The Labute approximate surface area is 167 Å². The number of ether oxygens (including phenoxy) is 2. The molecule has 5 heteroatoms. The SMILES string of the molecule is CCCCCOc1cc(C=CC(=O)NCCc2ccc(N)cc2)ccc1OC. The molecule has 0 aromatic heterocycles. The van der Waals surface area contributed by atoms with Crippen molar-refractivity contribution in [2.24, 2.45) is 0 Å². The fraction of sp³-hybridized carbons (Fsp3) is 0.348. The first-order valence-electron chi connectivity index (χ1n) is 9.73. The highest BCUT2D eigenvalue weighted by Gasteiger charge is 2.05. The van der Waals surface area contributed by atoms with Crippen LogP contribution in [0.4, 0.5) is 5.69 Å². The molecule has 0 heterocycles. The molecule has 5 nitrogen and oxygen atoms in total. The summed E-state index contributed by atoms with van der Waals surface area (Å²) in [4.78, 5) is 12.0. The minimum atomic E-state index is -0.128. The molecular weight excluding hydrogens is 352 g/mol. The summed E-state index contributed by atoms with van der Waals surface area (Å²) < 4.78 is 11.2. The zero-order chi connectivity index (χ0) is 20.2. The van der Waals surface area contributed by atoms with Gasteiger partial charge in [0.1, 0.15) is 0 Å². The van der Waals surface area contributed by atoms with Gasteiger partial charge in [-0.05, 0) is 54.3 Å². The number of nitrogens with one attached hydrogen (secondary N) is 1. The fourth-order valence-electron chi connectivity index (χ4n) is 2.69. The molecular formula is C23H30N2O3. The monoisotopic (exact) mass is 382 g/mol. The van der Waals surface area contributed by atoms with E-state index in [9.17, 15) is 4.79 Å². The Morgan fingerprint density at radius 2 is 1.89 bits per heavy atom. The maximum atomic E-state index is 12.0. The van der Waals surface area contributed by atoms with Gasteiger partial charge in [0.15, 0.2) is 11.5 Å². The van der Waals surface area contributed by atoms with Crippen LogP contribution in [0, 0.1) is 0 Å². The van der Waals surface area contributed by atoms with Gasteiger partial charge < -0.3 is 20.5 Å². The van der Waals surface area contributed by atoms with Crippen molar-refractivity contribution in [3.05, 3.63) is 59.7 Å². The number of nitrogens with two attached hydrogens (primary N) is 1. The lowest BCUT2D eigenvalue weighted by molar-refractivity contribution is -0.116. The Bertz CT molecular complexity index is 770. The predicted molar refractivity (Wildman–Crippen MR) is 115 cm³/mol. The first-order chi connectivity index (χ1) is 13.6. The smallest absolute Gasteiger partial charge is 0.244 e. The number of hydrogen-bond donors (Lipinski definition) is 2. The van der Waals surface area contributed by atoms with E-state index >= 15 is 0 Å². The highest BCUT2D eigenvalue weighted by Crippen LogP contribution is 2.28. The molecule has 2 aromatic rings. The zero-order valence-electron chi connectivity index (χ0n) is 16.7. The molecule has 0 aliphatic rings. The maximum absolute atomic E-state index is 12.0. The van der Waals surface area contributed by atoms with Gasteiger partial charge in [-0.15, -0.1) is 0 Å². The minimum absolute atomic E-state index is 0.128. The van der Waals surface area contributed by atoms with Crippen molar-refractivity contribution in [2.75, 3.05) is 26.0 Å².